The first-order valence-electron chi connectivity index (χ1n) is 7.74. The number of rotatable bonds is 3. The quantitative estimate of drug-likeness (QED) is 0.916. The van der Waals surface area contributed by atoms with Crippen molar-refractivity contribution in [3.63, 3.8) is 0 Å². The SMILES string of the molecule is NC1(CN2CCN(c3ccc(F)cc3)CC2)CCOCC1. The van der Waals surface area contributed by atoms with Crippen LogP contribution in [0.2, 0.25) is 0 Å². The molecule has 2 saturated heterocycles. The summed E-state index contributed by atoms with van der Waals surface area (Å²) < 4.78 is 18.4. The fraction of sp³-hybridized carbons (Fsp3) is 0.625. The van der Waals surface area contributed by atoms with E-state index in [1.165, 1.54) is 12.1 Å². The van der Waals surface area contributed by atoms with E-state index < -0.39 is 0 Å². The van der Waals surface area contributed by atoms with Crippen molar-refractivity contribution >= 4 is 5.69 Å². The van der Waals surface area contributed by atoms with Crippen molar-refractivity contribution in [1.29, 1.82) is 0 Å². The Morgan fingerprint density at radius 1 is 1.05 bits per heavy atom. The lowest BCUT2D eigenvalue weighted by Crippen LogP contribution is -2.57. The molecule has 0 amide bonds. The molecule has 2 aliphatic rings. The average Bonchev–Trinajstić information content (AvgIpc) is 2.49. The van der Waals surface area contributed by atoms with Gasteiger partial charge in [-0.2, -0.15) is 0 Å². The Labute approximate surface area is 125 Å². The highest BCUT2D eigenvalue weighted by Gasteiger charge is 2.31. The molecule has 4 nitrogen and oxygen atoms in total. The predicted octanol–water partition coefficient (Wildman–Crippen LogP) is 1.46. The van der Waals surface area contributed by atoms with Crippen LogP contribution >= 0.6 is 0 Å². The Bertz CT molecular complexity index is 451. The van der Waals surface area contributed by atoms with Crippen LogP contribution in [0.4, 0.5) is 10.1 Å². The molecule has 116 valence electrons. The van der Waals surface area contributed by atoms with Gasteiger partial charge in [0.2, 0.25) is 0 Å². The molecule has 5 heteroatoms. The van der Waals surface area contributed by atoms with Crippen molar-refractivity contribution in [3.05, 3.63) is 30.1 Å². The summed E-state index contributed by atoms with van der Waals surface area (Å²) in [6.45, 7) is 6.48. The summed E-state index contributed by atoms with van der Waals surface area (Å²) in [4.78, 5) is 4.76. The van der Waals surface area contributed by atoms with Crippen LogP contribution in [-0.2, 0) is 4.74 Å². The van der Waals surface area contributed by atoms with Gasteiger partial charge in [0.1, 0.15) is 5.82 Å². The van der Waals surface area contributed by atoms with Crippen LogP contribution in [0.25, 0.3) is 0 Å². The first-order chi connectivity index (χ1) is 10.1. The van der Waals surface area contributed by atoms with E-state index in [4.69, 9.17) is 10.5 Å². The molecular formula is C16H24FN3O. The second-order valence-corrected chi connectivity index (χ2v) is 6.21. The van der Waals surface area contributed by atoms with Gasteiger partial charge >= 0.3 is 0 Å². The lowest BCUT2D eigenvalue weighted by Gasteiger charge is -2.42. The van der Waals surface area contributed by atoms with E-state index in [1.807, 2.05) is 12.1 Å². The second-order valence-electron chi connectivity index (χ2n) is 6.21. The van der Waals surface area contributed by atoms with Crippen molar-refractivity contribution < 1.29 is 9.13 Å². The lowest BCUT2D eigenvalue weighted by molar-refractivity contribution is 0.0369. The summed E-state index contributed by atoms with van der Waals surface area (Å²) in [5.41, 5.74) is 7.49. The first-order valence-corrected chi connectivity index (χ1v) is 7.74. The summed E-state index contributed by atoms with van der Waals surface area (Å²) in [5.74, 6) is -0.179. The Hall–Kier alpha value is -1.17. The monoisotopic (exact) mass is 293 g/mol. The molecule has 0 atom stereocenters. The minimum absolute atomic E-state index is 0.0870. The molecule has 1 aromatic rings. The molecule has 21 heavy (non-hydrogen) atoms. The Morgan fingerprint density at radius 2 is 1.67 bits per heavy atom. The third-order valence-corrected chi connectivity index (χ3v) is 4.59. The predicted molar refractivity (Wildman–Crippen MR) is 82.0 cm³/mol. The number of benzene rings is 1. The first kappa shape index (κ1) is 14.8. The molecule has 0 bridgehead atoms. The van der Waals surface area contributed by atoms with Crippen LogP contribution in [0.1, 0.15) is 12.8 Å². The summed E-state index contributed by atoms with van der Waals surface area (Å²) in [7, 11) is 0. The molecule has 3 rings (SSSR count). The highest BCUT2D eigenvalue weighted by atomic mass is 19.1. The molecule has 0 unspecified atom stereocenters. The molecule has 0 radical (unpaired) electrons. The van der Waals surface area contributed by atoms with Crippen LogP contribution in [0.5, 0.6) is 0 Å². The number of nitrogens with two attached hydrogens (primary N) is 1. The fourth-order valence-corrected chi connectivity index (χ4v) is 3.20. The highest BCUT2D eigenvalue weighted by molar-refractivity contribution is 5.46. The summed E-state index contributed by atoms with van der Waals surface area (Å²) in [6.07, 6.45) is 1.90. The average molecular weight is 293 g/mol. The van der Waals surface area contributed by atoms with E-state index in [0.29, 0.717) is 0 Å². The molecule has 2 N–H and O–H groups in total. The van der Waals surface area contributed by atoms with Gasteiger partial charge < -0.3 is 15.4 Å². The topological polar surface area (TPSA) is 41.7 Å². The molecule has 2 aliphatic heterocycles. The van der Waals surface area contributed by atoms with Gasteiger partial charge in [-0.25, -0.2) is 4.39 Å². The van der Waals surface area contributed by atoms with Crippen molar-refractivity contribution in [2.45, 2.75) is 18.4 Å². The van der Waals surface area contributed by atoms with E-state index in [9.17, 15) is 4.39 Å². The maximum absolute atomic E-state index is 13.0. The van der Waals surface area contributed by atoms with Crippen LogP contribution in [-0.4, -0.2) is 56.4 Å². The minimum Gasteiger partial charge on any atom is -0.381 e. The summed E-state index contributed by atoms with van der Waals surface area (Å²) >= 11 is 0. The fourth-order valence-electron chi connectivity index (χ4n) is 3.20. The standard InChI is InChI=1S/C16H24FN3O/c17-14-1-3-15(4-2-14)20-9-7-19(8-10-20)13-16(18)5-11-21-12-6-16/h1-4H,5-13,18H2. The minimum atomic E-state index is -0.179. The van der Waals surface area contributed by atoms with E-state index in [1.54, 1.807) is 0 Å². The zero-order valence-electron chi connectivity index (χ0n) is 12.4. The van der Waals surface area contributed by atoms with Gasteiger partial charge in [0.05, 0.1) is 0 Å². The van der Waals surface area contributed by atoms with Crippen LogP contribution in [0, 0.1) is 5.82 Å². The second kappa shape index (κ2) is 6.30. The third kappa shape index (κ3) is 3.73. The third-order valence-electron chi connectivity index (χ3n) is 4.59. The molecule has 2 fully saturated rings. The van der Waals surface area contributed by atoms with Crippen LogP contribution in [0.15, 0.2) is 24.3 Å². The Balaban J connectivity index is 1.51. The zero-order valence-corrected chi connectivity index (χ0v) is 12.4. The molecule has 1 aromatic carbocycles. The maximum atomic E-state index is 13.0. The normalized spacial score (nSPS) is 23.2. The molecule has 0 aromatic heterocycles. The molecule has 0 spiro atoms. The summed E-state index contributed by atoms with van der Waals surface area (Å²) in [6, 6.07) is 6.76. The van der Waals surface area contributed by atoms with E-state index >= 15 is 0 Å². The van der Waals surface area contributed by atoms with Crippen molar-refractivity contribution in [2.75, 3.05) is 50.8 Å². The van der Waals surface area contributed by atoms with Gasteiger partial charge in [0, 0.05) is 57.2 Å². The number of nitrogens with zero attached hydrogens (tertiary/aromatic N) is 2. The van der Waals surface area contributed by atoms with Gasteiger partial charge in [0.25, 0.3) is 0 Å². The van der Waals surface area contributed by atoms with E-state index in [2.05, 4.69) is 9.80 Å². The lowest BCUT2D eigenvalue weighted by atomic mass is 9.90. The van der Waals surface area contributed by atoms with Crippen molar-refractivity contribution in [1.82, 2.24) is 4.90 Å². The summed E-state index contributed by atoms with van der Waals surface area (Å²) in [5, 5.41) is 0. The van der Waals surface area contributed by atoms with E-state index in [-0.39, 0.29) is 11.4 Å². The zero-order chi connectivity index (χ0) is 14.7. The molecule has 2 heterocycles. The van der Waals surface area contributed by atoms with Gasteiger partial charge in [-0.1, -0.05) is 0 Å². The number of piperazine rings is 1. The van der Waals surface area contributed by atoms with Crippen molar-refractivity contribution in [2.24, 2.45) is 5.73 Å². The number of ether oxygens (including phenoxy) is 1. The number of anilines is 1. The van der Waals surface area contributed by atoms with Crippen LogP contribution in [0.3, 0.4) is 0 Å². The highest BCUT2D eigenvalue weighted by Crippen LogP contribution is 2.21. The van der Waals surface area contributed by atoms with Crippen LogP contribution < -0.4 is 10.6 Å². The van der Waals surface area contributed by atoms with Gasteiger partial charge in [0.15, 0.2) is 0 Å². The number of halogens is 1. The van der Waals surface area contributed by atoms with Gasteiger partial charge in [-0.05, 0) is 37.1 Å². The number of hydrogen-bond acceptors (Lipinski definition) is 4. The maximum Gasteiger partial charge on any atom is 0.123 e. The van der Waals surface area contributed by atoms with E-state index in [0.717, 1.165) is 64.5 Å². The molecule has 0 aliphatic carbocycles. The molecular weight excluding hydrogens is 269 g/mol. The van der Waals surface area contributed by atoms with Gasteiger partial charge in [-0.15, -0.1) is 0 Å². The Kier molecular flexibility index (Phi) is 4.42. The van der Waals surface area contributed by atoms with Gasteiger partial charge in [-0.3, -0.25) is 4.90 Å². The van der Waals surface area contributed by atoms with Crippen molar-refractivity contribution in [3.8, 4) is 0 Å². The Morgan fingerprint density at radius 3 is 2.29 bits per heavy atom. The number of hydrogen-bond donors (Lipinski definition) is 1. The smallest absolute Gasteiger partial charge is 0.123 e. The largest absolute Gasteiger partial charge is 0.381 e. The molecule has 0 saturated carbocycles.